The van der Waals surface area contributed by atoms with Crippen LogP contribution >= 0.6 is 0 Å². The summed E-state index contributed by atoms with van der Waals surface area (Å²) in [5, 5.41) is 4.78. The number of amides is 3. The highest BCUT2D eigenvalue weighted by molar-refractivity contribution is 5.92. The number of nitrogens with one attached hydrogen (secondary N) is 2. The maximum Gasteiger partial charge on any atom is 0.321 e. The van der Waals surface area contributed by atoms with Gasteiger partial charge in [-0.05, 0) is 38.7 Å². The number of carbonyl (C=O) groups excluding carboxylic acids is 2. The predicted octanol–water partition coefficient (Wildman–Crippen LogP) is 3.28. The van der Waals surface area contributed by atoms with Gasteiger partial charge in [-0.25, -0.2) is 13.6 Å². The topological polar surface area (TPSA) is 73.9 Å². The SMILES string of the molecule is CC(=O)Nc1cc(NC(=O)N2CCC(CN3CC(C)OC(C)C3)CC2)c(F)cc1F. The summed E-state index contributed by atoms with van der Waals surface area (Å²) in [6.07, 6.45) is 2.20. The molecule has 7 nitrogen and oxygen atoms in total. The Labute approximate surface area is 175 Å². The second-order valence-corrected chi connectivity index (χ2v) is 8.33. The molecular weight excluding hydrogens is 394 g/mol. The van der Waals surface area contributed by atoms with Crippen molar-refractivity contribution in [3.05, 3.63) is 23.8 Å². The molecule has 0 saturated carbocycles. The summed E-state index contributed by atoms with van der Waals surface area (Å²) in [6, 6.07) is 1.32. The average Bonchev–Trinajstić information content (AvgIpc) is 2.65. The Morgan fingerprint density at radius 3 is 2.17 bits per heavy atom. The Balaban J connectivity index is 1.52. The third-order valence-electron chi connectivity index (χ3n) is 5.52. The average molecular weight is 424 g/mol. The second kappa shape index (κ2) is 9.70. The molecule has 2 fully saturated rings. The lowest BCUT2D eigenvalue weighted by atomic mass is 9.96. The maximum absolute atomic E-state index is 14.1. The number of piperidine rings is 1. The third-order valence-corrected chi connectivity index (χ3v) is 5.52. The number of carbonyl (C=O) groups is 2. The van der Waals surface area contributed by atoms with E-state index in [1.165, 1.54) is 6.92 Å². The van der Waals surface area contributed by atoms with Crippen molar-refractivity contribution < 1.29 is 23.1 Å². The Morgan fingerprint density at radius 2 is 1.60 bits per heavy atom. The van der Waals surface area contributed by atoms with E-state index in [9.17, 15) is 18.4 Å². The van der Waals surface area contributed by atoms with Crippen LogP contribution in [0.15, 0.2) is 12.1 Å². The van der Waals surface area contributed by atoms with Gasteiger partial charge in [0.2, 0.25) is 5.91 Å². The molecule has 2 atom stereocenters. The normalized spacial score (nSPS) is 23.3. The number of nitrogens with zero attached hydrogens (tertiary/aromatic N) is 2. The Morgan fingerprint density at radius 1 is 1.03 bits per heavy atom. The molecule has 9 heteroatoms. The van der Waals surface area contributed by atoms with Crippen LogP contribution in [0.25, 0.3) is 0 Å². The molecule has 2 aliphatic rings. The van der Waals surface area contributed by atoms with Crippen molar-refractivity contribution in [1.82, 2.24) is 9.80 Å². The number of likely N-dealkylation sites (tertiary alicyclic amines) is 1. The van der Waals surface area contributed by atoms with E-state index < -0.39 is 23.6 Å². The zero-order valence-corrected chi connectivity index (χ0v) is 17.7. The molecule has 2 heterocycles. The number of urea groups is 1. The number of hydrogen-bond acceptors (Lipinski definition) is 4. The van der Waals surface area contributed by atoms with Crippen molar-refractivity contribution in [2.24, 2.45) is 5.92 Å². The van der Waals surface area contributed by atoms with Crippen LogP contribution in [-0.2, 0) is 9.53 Å². The van der Waals surface area contributed by atoms with Crippen LogP contribution in [0.4, 0.5) is 25.0 Å². The number of ether oxygens (including phenoxy) is 1. The van der Waals surface area contributed by atoms with Gasteiger partial charge in [0.1, 0.15) is 11.6 Å². The first-order chi connectivity index (χ1) is 14.2. The maximum atomic E-state index is 14.1. The summed E-state index contributed by atoms with van der Waals surface area (Å²) in [7, 11) is 0. The molecular formula is C21H30F2N4O3. The van der Waals surface area contributed by atoms with Crippen LogP contribution < -0.4 is 10.6 Å². The molecule has 2 aliphatic heterocycles. The van der Waals surface area contributed by atoms with Crippen molar-refractivity contribution in [2.75, 3.05) is 43.4 Å². The monoisotopic (exact) mass is 424 g/mol. The molecule has 2 N–H and O–H groups in total. The molecule has 166 valence electrons. The largest absolute Gasteiger partial charge is 0.373 e. The molecule has 0 radical (unpaired) electrons. The van der Waals surface area contributed by atoms with E-state index in [0.717, 1.165) is 38.5 Å². The standard InChI is InChI=1S/C21H30F2N4O3/c1-13-10-26(11-14(2)30-13)12-16-4-6-27(7-5-16)21(29)25-20-9-19(24-15(3)28)17(22)8-18(20)23/h8-9,13-14,16H,4-7,10-12H2,1-3H3,(H,24,28)(H,25,29). The highest BCUT2D eigenvalue weighted by Crippen LogP contribution is 2.25. The lowest BCUT2D eigenvalue weighted by Crippen LogP contribution is -2.49. The molecule has 2 saturated heterocycles. The van der Waals surface area contributed by atoms with Gasteiger partial charge in [-0.1, -0.05) is 0 Å². The molecule has 1 aromatic carbocycles. The van der Waals surface area contributed by atoms with E-state index in [-0.39, 0.29) is 23.6 Å². The number of hydrogen-bond donors (Lipinski definition) is 2. The van der Waals surface area contributed by atoms with Gasteiger partial charge in [0.25, 0.3) is 0 Å². The Kier molecular flexibility index (Phi) is 7.25. The highest BCUT2D eigenvalue weighted by atomic mass is 19.1. The Bertz CT molecular complexity index is 774. The first-order valence-electron chi connectivity index (χ1n) is 10.4. The number of morpholine rings is 1. The molecule has 0 aromatic heterocycles. The molecule has 0 aliphatic carbocycles. The van der Waals surface area contributed by atoms with Crippen molar-refractivity contribution in [3.8, 4) is 0 Å². The first kappa shape index (κ1) is 22.4. The summed E-state index contributed by atoms with van der Waals surface area (Å²) in [5.74, 6) is -1.77. The fourth-order valence-corrected chi connectivity index (χ4v) is 4.24. The number of halogens is 2. The van der Waals surface area contributed by atoms with Gasteiger partial charge in [0.15, 0.2) is 0 Å². The minimum Gasteiger partial charge on any atom is -0.373 e. The minimum atomic E-state index is -0.895. The molecule has 3 rings (SSSR count). The fourth-order valence-electron chi connectivity index (χ4n) is 4.24. The van der Waals surface area contributed by atoms with Crippen LogP contribution in [0.3, 0.4) is 0 Å². The third kappa shape index (κ3) is 5.89. The van der Waals surface area contributed by atoms with Crippen molar-refractivity contribution in [3.63, 3.8) is 0 Å². The molecule has 30 heavy (non-hydrogen) atoms. The molecule has 2 unspecified atom stereocenters. The molecule has 0 bridgehead atoms. The summed E-state index contributed by atoms with van der Waals surface area (Å²) in [4.78, 5) is 27.8. The lowest BCUT2D eigenvalue weighted by molar-refractivity contribution is -0.114. The second-order valence-electron chi connectivity index (χ2n) is 8.33. The summed E-state index contributed by atoms with van der Waals surface area (Å²) >= 11 is 0. The van der Waals surface area contributed by atoms with Gasteiger partial charge < -0.3 is 20.3 Å². The van der Waals surface area contributed by atoms with E-state index in [0.29, 0.717) is 25.1 Å². The van der Waals surface area contributed by atoms with Gasteiger partial charge in [0, 0.05) is 45.7 Å². The van der Waals surface area contributed by atoms with Crippen LogP contribution in [0.5, 0.6) is 0 Å². The summed E-state index contributed by atoms with van der Waals surface area (Å²) < 4.78 is 33.6. The number of benzene rings is 1. The van der Waals surface area contributed by atoms with E-state index in [2.05, 4.69) is 29.4 Å². The van der Waals surface area contributed by atoms with E-state index in [4.69, 9.17) is 4.74 Å². The molecule has 3 amide bonds. The van der Waals surface area contributed by atoms with E-state index >= 15 is 0 Å². The Hall–Kier alpha value is -2.26. The molecule has 0 spiro atoms. The number of anilines is 2. The van der Waals surface area contributed by atoms with Gasteiger partial charge >= 0.3 is 6.03 Å². The highest BCUT2D eigenvalue weighted by Gasteiger charge is 2.28. The smallest absolute Gasteiger partial charge is 0.321 e. The van der Waals surface area contributed by atoms with Crippen molar-refractivity contribution >= 4 is 23.3 Å². The van der Waals surface area contributed by atoms with Crippen molar-refractivity contribution in [2.45, 2.75) is 45.8 Å². The van der Waals surface area contributed by atoms with Crippen LogP contribution in [0.1, 0.15) is 33.6 Å². The van der Waals surface area contributed by atoms with Crippen LogP contribution in [0.2, 0.25) is 0 Å². The van der Waals surface area contributed by atoms with Crippen molar-refractivity contribution in [1.29, 1.82) is 0 Å². The van der Waals surface area contributed by atoms with E-state index in [1.807, 2.05) is 0 Å². The van der Waals surface area contributed by atoms with Crippen LogP contribution in [0, 0.1) is 17.6 Å². The zero-order valence-electron chi connectivity index (χ0n) is 17.7. The van der Waals surface area contributed by atoms with Crippen LogP contribution in [-0.4, -0.2) is 66.7 Å². The quantitative estimate of drug-likeness (QED) is 0.778. The van der Waals surface area contributed by atoms with Gasteiger partial charge in [-0.15, -0.1) is 0 Å². The van der Waals surface area contributed by atoms with E-state index in [1.54, 1.807) is 4.90 Å². The van der Waals surface area contributed by atoms with Gasteiger partial charge in [0.05, 0.1) is 23.6 Å². The zero-order chi connectivity index (χ0) is 21.8. The van der Waals surface area contributed by atoms with Gasteiger partial charge in [-0.3, -0.25) is 9.69 Å². The fraction of sp³-hybridized carbons (Fsp3) is 0.619. The summed E-state index contributed by atoms with van der Waals surface area (Å²) in [6.45, 7) is 9.38. The predicted molar refractivity (Wildman–Crippen MR) is 110 cm³/mol. The lowest BCUT2D eigenvalue weighted by Gasteiger charge is -2.39. The first-order valence-corrected chi connectivity index (χ1v) is 10.4. The number of rotatable bonds is 4. The summed E-state index contributed by atoms with van der Waals surface area (Å²) in [5.41, 5.74) is -0.338. The minimum absolute atomic E-state index is 0.163. The molecule has 1 aromatic rings. The van der Waals surface area contributed by atoms with Gasteiger partial charge in [-0.2, -0.15) is 0 Å².